The van der Waals surface area contributed by atoms with Gasteiger partial charge in [-0.1, -0.05) is 31.4 Å². The Kier molecular flexibility index (Phi) is 6.60. The molecule has 1 fully saturated rings. The SMILES string of the molecule is O=C(CCCN1C(=O)c2ccccc2C1=O)Nc1ncccc1OCC1CCCCC1. The van der Waals surface area contributed by atoms with Crippen molar-refractivity contribution in [1.82, 2.24) is 9.88 Å². The Bertz CT molecular complexity index is 934. The molecule has 0 atom stereocenters. The summed E-state index contributed by atoms with van der Waals surface area (Å²) in [5.74, 6) is 0.703. The minimum Gasteiger partial charge on any atom is -0.489 e. The van der Waals surface area contributed by atoms with Crippen molar-refractivity contribution in [3.8, 4) is 5.75 Å². The Morgan fingerprint density at radius 2 is 1.74 bits per heavy atom. The number of nitrogens with one attached hydrogen (secondary N) is 1. The van der Waals surface area contributed by atoms with E-state index in [2.05, 4.69) is 10.3 Å². The maximum atomic E-state index is 12.4. The average Bonchev–Trinajstić information content (AvgIpc) is 3.04. The molecule has 1 aromatic heterocycles. The number of nitrogens with zero attached hydrogens (tertiary/aromatic N) is 2. The molecule has 0 spiro atoms. The minimum atomic E-state index is -0.302. The molecule has 1 saturated carbocycles. The summed E-state index contributed by atoms with van der Waals surface area (Å²) >= 11 is 0. The molecule has 1 aliphatic carbocycles. The van der Waals surface area contributed by atoms with Crippen molar-refractivity contribution in [1.29, 1.82) is 0 Å². The van der Waals surface area contributed by atoms with Gasteiger partial charge in [0.25, 0.3) is 11.8 Å². The van der Waals surface area contributed by atoms with Crippen molar-refractivity contribution in [3.63, 3.8) is 0 Å². The number of benzene rings is 1. The van der Waals surface area contributed by atoms with Crippen LogP contribution in [0.3, 0.4) is 0 Å². The first-order valence-corrected chi connectivity index (χ1v) is 11.0. The van der Waals surface area contributed by atoms with Crippen LogP contribution in [0.1, 0.15) is 65.7 Å². The second-order valence-corrected chi connectivity index (χ2v) is 8.12. The van der Waals surface area contributed by atoms with Gasteiger partial charge in [0.15, 0.2) is 11.6 Å². The Hall–Kier alpha value is -3.22. The third-order valence-electron chi connectivity index (χ3n) is 5.89. The number of pyridine rings is 1. The van der Waals surface area contributed by atoms with Crippen molar-refractivity contribution in [3.05, 3.63) is 53.7 Å². The summed E-state index contributed by atoms with van der Waals surface area (Å²) in [6, 6.07) is 10.4. The van der Waals surface area contributed by atoms with Gasteiger partial charge >= 0.3 is 0 Å². The fourth-order valence-electron chi connectivity index (χ4n) is 4.20. The standard InChI is InChI=1S/C24H27N3O4/c28-21(13-7-15-27-23(29)18-10-4-5-11-19(18)24(27)30)26-22-20(12-6-14-25-22)31-16-17-8-2-1-3-9-17/h4-6,10-12,14,17H,1-3,7-9,13,15-16H2,(H,25,26,28). The number of imide groups is 1. The van der Waals surface area contributed by atoms with Crippen LogP contribution >= 0.6 is 0 Å². The Labute approximate surface area is 181 Å². The number of hydrogen-bond donors (Lipinski definition) is 1. The third kappa shape index (κ3) is 4.93. The number of rotatable bonds is 8. The predicted octanol–water partition coefficient (Wildman–Crippen LogP) is 4.06. The summed E-state index contributed by atoms with van der Waals surface area (Å²) in [5.41, 5.74) is 0.843. The van der Waals surface area contributed by atoms with Crippen LogP contribution in [0.5, 0.6) is 5.75 Å². The zero-order valence-corrected chi connectivity index (χ0v) is 17.5. The molecular weight excluding hydrogens is 394 g/mol. The molecule has 1 N–H and O–H groups in total. The van der Waals surface area contributed by atoms with E-state index in [1.165, 1.54) is 37.0 Å². The average molecular weight is 421 g/mol. The van der Waals surface area contributed by atoms with E-state index in [0.717, 1.165) is 0 Å². The molecule has 0 unspecified atom stereocenters. The molecule has 2 aromatic rings. The molecule has 2 heterocycles. The Morgan fingerprint density at radius 3 is 2.45 bits per heavy atom. The van der Waals surface area contributed by atoms with E-state index < -0.39 is 0 Å². The van der Waals surface area contributed by atoms with E-state index in [1.54, 1.807) is 36.5 Å². The topological polar surface area (TPSA) is 88.6 Å². The minimum absolute atomic E-state index is 0.173. The molecule has 162 valence electrons. The second-order valence-electron chi connectivity index (χ2n) is 8.12. The zero-order chi connectivity index (χ0) is 21.6. The van der Waals surface area contributed by atoms with Gasteiger partial charge in [0.2, 0.25) is 5.91 Å². The van der Waals surface area contributed by atoms with Crippen LogP contribution in [0.4, 0.5) is 5.82 Å². The van der Waals surface area contributed by atoms with Crippen LogP contribution in [0.15, 0.2) is 42.6 Å². The van der Waals surface area contributed by atoms with Crippen LogP contribution in [0, 0.1) is 5.92 Å². The number of anilines is 1. The van der Waals surface area contributed by atoms with E-state index >= 15 is 0 Å². The number of hydrogen-bond acceptors (Lipinski definition) is 5. The van der Waals surface area contributed by atoms with E-state index in [1.807, 2.05) is 6.07 Å². The lowest BCUT2D eigenvalue weighted by atomic mass is 9.90. The van der Waals surface area contributed by atoms with Gasteiger partial charge in [0, 0.05) is 19.2 Å². The molecular formula is C24H27N3O4. The lowest BCUT2D eigenvalue weighted by Gasteiger charge is -2.22. The fraction of sp³-hybridized carbons (Fsp3) is 0.417. The van der Waals surface area contributed by atoms with Gasteiger partial charge in [0.1, 0.15) is 0 Å². The van der Waals surface area contributed by atoms with Gasteiger partial charge in [-0.3, -0.25) is 19.3 Å². The van der Waals surface area contributed by atoms with Crippen LogP contribution in [0.25, 0.3) is 0 Å². The predicted molar refractivity (Wildman–Crippen MR) is 116 cm³/mol. The maximum absolute atomic E-state index is 12.4. The number of ether oxygens (including phenoxy) is 1. The van der Waals surface area contributed by atoms with Gasteiger partial charge < -0.3 is 10.1 Å². The summed E-state index contributed by atoms with van der Waals surface area (Å²) in [4.78, 5) is 42.7. The Morgan fingerprint density at radius 1 is 1.03 bits per heavy atom. The van der Waals surface area contributed by atoms with Crippen LogP contribution in [0.2, 0.25) is 0 Å². The lowest BCUT2D eigenvalue weighted by Crippen LogP contribution is -2.31. The third-order valence-corrected chi connectivity index (χ3v) is 5.89. The summed E-state index contributed by atoms with van der Waals surface area (Å²) in [7, 11) is 0. The lowest BCUT2D eigenvalue weighted by molar-refractivity contribution is -0.116. The molecule has 3 amide bonds. The molecule has 2 aliphatic rings. The van der Waals surface area contributed by atoms with Crippen LogP contribution < -0.4 is 10.1 Å². The van der Waals surface area contributed by atoms with Gasteiger partial charge in [-0.2, -0.15) is 0 Å². The number of carbonyl (C=O) groups excluding carboxylic acids is 3. The maximum Gasteiger partial charge on any atom is 0.261 e. The first-order chi connectivity index (χ1) is 15.1. The van der Waals surface area contributed by atoms with Gasteiger partial charge in [-0.15, -0.1) is 0 Å². The van der Waals surface area contributed by atoms with Crippen molar-refractivity contribution < 1.29 is 19.1 Å². The van der Waals surface area contributed by atoms with Crippen molar-refractivity contribution in [2.75, 3.05) is 18.5 Å². The fourth-order valence-corrected chi connectivity index (χ4v) is 4.20. The van der Waals surface area contributed by atoms with Crippen molar-refractivity contribution >= 4 is 23.5 Å². The molecule has 0 radical (unpaired) electrons. The van der Waals surface area contributed by atoms with Crippen LogP contribution in [-0.4, -0.2) is 40.8 Å². The number of carbonyl (C=O) groups is 3. The highest BCUT2D eigenvalue weighted by Crippen LogP contribution is 2.27. The second kappa shape index (κ2) is 9.73. The highest BCUT2D eigenvalue weighted by atomic mass is 16.5. The van der Waals surface area contributed by atoms with E-state index in [-0.39, 0.29) is 30.7 Å². The van der Waals surface area contributed by atoms with Gasteiger partial charge in [-0.25, -0.2) is 4.98 Å². The number of amides is 3. The largest absolute Gasteiger partial charge is 0.489 e. The van der Waals surface area contributed by atoms with E-state index in [4.69, 9.17) is 4.74 Å². The number of aromatic nitrogens is 1. The molecule has 4 rings (SSSR count). The quantitative estimate of drug-likeness (QED) is 0.650. The number of fused-ring (bicyclic) bond motifs is 1. The van der Waals surface area contributed by atoms with Gasteiger partial charge in [-0.05, 0) is 49.4 Å². The summed E-state index contributed by atoms with van der Waals surface area (Å²) in [5, 5.41) is 2.80. The van der Waals surface area contributed by atoms with Crippen LogP contribution in [-0.2, 0) is 4.79 Å². The highest BCUT2D eigenvalue weighted by Gasteiger charge is 2.34. The Balaban J connectivity index is 1.27. The first kappa shape index (κ1) is 21.0. The molecule has 31 heavy (non-hydrogen) atoms. The zero-order valence-electron chi connectivity index (χ0n) is 17.5. The monoisotopic (exact) mass is 421 g/mol. The molecule has 7 heteroatoms. The normalized spacial score (nSPS) is 16.3. The van der Waals surface area contributed by atoms with Crippen molar-refractivity contribution in [2.45, 2.75) is 44.9 Å². The smallest absolute Gasteiger partial charge is 0.261 e. The molecule has 7 nitrogen and oxygen atoms in total. The summed E-state index contributed by atoms with van der Waals surface area (Å²) < 4.78 is 5.95. The molecule has 0 saturated heterocycles. The first-order valence-electron chi connectivity index (χ1n) is 11.0. The summed E-state index contributed by atoms with van der Waals surface area (Å²) in [6.45, 7) is 0.835. The highest BCUT2D eigenvalue weighted by molar-refractivity contribution is 6.21. The summed E-state index contributed by atoms with van der Waals surface area (Å²) in [6.07, 6.45) is 8.32. The molecule has 1 aliphatic heterocycles. The molecule has 1 aromatic carbocycles. The van der Waals surface area contributed by atoms with Crippen molar-refractivity contribution in [2.24, 2.45) is 5.92 Å². The van der Waals surface area contributed by atoms with E-state index in [9.17, 15) is 14.4 Å². The van der Waals surface area contributed by atoms with Gasteiger partial charge in [0.05, 0.1) is 17.7 Å². The van der Waals surface area contributed by atoms with E-state index in [0.29, 0.717) is 41.6 Å². The molecule has 0 bridgehead atoms.